The first-order valence-corrected chi connectivity index (χ1v) is 9.45. The molecule has 2 N–H and O–H groups in total. The lowest BCUT2D eigenvalue weighted by Crippen LogP contribution is -2.20. The highest BCUT2D eigenvalue weighted by atomic mass is 32.1. The van der Waals surface area contributed by atoms with Gasteiger partial charge < -0.3 is 5.32 Å². The Hall–Kier alpha value is -3.13. The van der Waals surface area contributed by atoms with Crippen molar-refractivity contribution in [3.8, 4) is 0 Å². The maximum Gasteiger partial charge on any atom is 0.257 e. The van der Waals surface area contributed by atoms with Crippen molar-refractivity contribution in [1.82, 2.24) is 4.98 Å². The molecular formula is C20H15F2N3O2S. The summed E-state index contributed by atoms with van der Waals surface area (Å²) in [5, 5.41) is 5.79. The van der Waals surface area contributed by atoms with Crippen molar-refractivity contribution in [3.63, 3.8) is 0 Å². The average Bonchev–Trinajstić information content (AvgIpc) is 3.25. The van der Waals surface area contributed by atoms with Crippen LogP contribution in [0.3, 0.4) is 0 Å². The van der Waals surface area contributed by atoms with Gasteiger partial charge in [-0.1, -0.05) is 18.2 Å². The van der Waals surface area contributed by atoms with Gasteiger partial charge in [0.2, 0.25) is 5.91 Å². The fourth-order valence-corrected chi connectivity index (χ4v) is 4.13. The SMILES string of the molecule is O=C(Nc1nc2c(s1)CC[C@@H]2C(=O)Nc1ccc(F)c(F)c1)c1ccccc1. The number of anilines is 2. The van der Waals surface area contributed by atoms with Gasteiger partial charge in [-0.3, -0.25) is 14.9 Å². The number of amides is 2. The maximum absolute atomic E-state index is 13.3. The lowest BCUT2D eigenvalue weighted by molar-refractivity contribution is -0.117. The summed E-state index contributed by atoms with van der Waals surface area (Å²) in [6, 6.07) is 12.0. The Kier molecular flexibility index (Phi) is 4.87. The highest BCUT2D eigenvalue weighted by Gasteiger charge is 2.33. The van der Waals surface area contributed by atoms with E-state index in [1.807, 2.05) is 6.07 Å². The molecule has 142 valence electrons. The van der Waals surface area contributed by atoms with Gasteiger partial charge in [-0.15, -0.1) is 11.3 Å². The summed E-state index contributed by atoms with van der Waals surface area (Å²) in [7, 11) is 0. The summed E-state index contributed by atoms with van der Waals surface area (Å²) in [5.41, 5.74) is 1.32. The molecule has 0 saturated heterocycles. The second-order valence-corrected chi connectivity index (χ2v) is 7.44. The van der Waals surface area contributed by atoms with Crippen molar-refractivity contribution >= 4 is 34.0 Å². The Morgan fingerprint density at radius 1 is 1.04 bits per heavy atom. The molecular weight excluding hydrogens is 384 g/mol. The molecule has 1 aliphatic rings. The van der Waals surface area contributed by atoms with Gasteiger partial charge in [0.15, 0.2) is 16.8 Å². The third-order valence-corrected chi connectivity index (χ3v) is 5.52. The van der Waals surface area contributed by atoms with Crippen molar-refractivity contribution in [2.24, 2.45) is 0 Å². The lowest BCUT2D eigenvalue weighted by atomic mass is 10.1. The van der Waals surface area contributed by atoms with Crippen molar-refractivity contribution in [1.29, 1.82) is 0 Å². The number of thiazole rings is 1. The normalized spacial score (nSPS) is 15.1. The van der Waals surface area contributed by atoms with Crippen LogP contribution in [0.4, 0.5) is 19.6 Å². The number of aryl methyl sites for hydroxylation is 1. The lowest BCUT2D eigenvalue weighted by Gasteiger charge is -2.11. The van der Waals surface area contributed by atoms with Gasteiger partial charge in [-0.2, -0.15) is 0 Å². The molecule has 1 aromatic heterocycles. The van der Waals surface area contributed by atoms with Crippen LogP contribution in [0, 0.1) is 11.6 Å². The first-order chi connectivity index (χ1) is 13.5. The number of nitrogens with one attached hydrogen (secondary N) is 2. The minimum absolute atomic E-state index is 0.185. The van der Waals surface area contributed by atoms with Crippen LogP contribution >= 0.6 is 11.3 Å². The van der Waals surface area contributed by atoms with E-state index in [1.54, 1.807) is 24.3 Å². The molecule has 0 spiro atoms. The molecule has 0 saturated carbocycles. The molecule has 2 amide bonds. The van der Waals surface area contributed by atoms with Gasteiger partial charge >= 0.3 is 0 Å². The topological polar surface area (TPSA) is 71.1 Å². The molecule has 0 fully saturated rings. The molecule has 5 nitrogen and oxygen atoms in total. The van der Waals surface area contributed by atoms with Crippen LogP contribution in [0.15, 0.2) is 48.5 Å². The molecule has 4 rings (SSSR count). The fourth-order valence-electron chi connectivity index (χ4n) is 3.10. The number of carbonyl (C=O) groups is 2. The summed E-state index contributed by atoms with van der Waals surface area (Å²) in [6.45, 7) is 0. The second-order valence-electron chi connectivity index (χ2n) is 6.36. The minimum atomic E-state index is -1.02. The van der Waals surface area contributed by atoms with Crippen LogP contribution in [0.5, 0.6) is 0 Å². The maximum atomic E-state index is 13.3. The molecule has 1 heterocycles. The summed E-state index contributed by atoms with van der Waals surface area (Å²) < 4.78 is 26.4. The number of halogens is 2. The zero-order chi connectivity index (χ0) is 19.7. The van der Waals surface area contributed by atoms with Gasteiger partial charge in [0, 0.05) is 22.2 Å². The summed E-state index contributed by atoms with van der Waals surface area (Å²) in [5.74, 6) is -3.10. The van der Waals surface area contributed by atoms with E-state index in [2.05, 4.69) is 15.6 Å². The average molecular weight is 399 g/mol. The number of hydrogen-bond acceptors (Lipinski definition) is 4. The van der Waals surface area contributed by atoms with Crippen molar-refractivity contribution in [2.45, 2.75) is 18.8 Å². The van der Waals surface area contributed by atoms with E-state index < -0.39 is 17.6 Å². The first kappa shape index (κ1) is 18.2. The number of hydrogen-bond donors (Lipinski definition) is 2. The number of rotatable bonds is 4. The van der Waals surface area contributed by atoms with Crippen molar-refractivity contribution in [3.05, 3.63) is 76.3 Å². The molecule has 0 aliphatic heterocycles. The van der Waals surface area contributed by atoms with Crippen LogP contribution < -0.4 is 10.6 Å². The standard InChI is InChI=1S/C20H15F2N3O2S/c21-14-8-6-12(10-15(14)22)23-19(27)13-7-9-16-17(13)24-20(28-16)25-18(26)11-4-2-1-3-5-11/h1-6,8,10,13H,7,9H2,(H,23,27)(H,24,25,26)/t13-/m0/s1. The van der Waals surface area contributed by atoms with E-state index in [1.165, 1.54) is 17.4 Å². The Balaban J connectivity index is 1.47. The van der Waals surface area contributed by atoms with E-state index in [9.17, 15) is 18.4 Å². The number of aromatic nitrogens is 1. The Morgan fingerprint density at radius 2 is 1.82 bits per heavy atom. The Bertz CT molecular complexity index is 1050. The third-order valence-electron chi connectivity index (χ3n) is 4.48. The van der Waals surface area contributed by atoms with E-state index in [0.717, 1.165) is 17.0 Å². The van der Waals surface area contributed by atoms with Gasteiger partial charge in [0.1, 0.15) is 0 Å². The molecule has 1 atom stereocenters. The van der Waals surface area contributed by atoms with Crippen LogP contribution in [-0.4, -0.2) is 16.8 Å². The Labute approximate surface area is 163 Å². The molecule has 2 aromatic carbocycles. The molecule has 0 radical (unpaired) electrons. The molecule has 0 bridgehead atoms. The predicted molar refractivity (Wildman–Crippen MR) is 103 cm³/mol. The number of nitrogens with zero attached hydrogens (tertiary/aromatic N) is 1. The number of carbonyl (C=O) groups excluding carboxylic acids is 2. The van der Waals surface area contributed by atoms with E-state index in [-0.39, 0.29) is 17.5 Å². The van der Waals surface area contributed by atoms with Crippen molar-refractivity contribution < 1.29 is 18.4 Å². The summed E-state index contributed by atoms with van der Waals surface area (Å²) in [6.07, 6.45) is 1.25. The molecule has 28 heavy (non-hydrogen) atoms. The van der Waals surface area contributed by atoms with Crippen LogP contribution in [0.2, 0.25) is 0 Å². The second kappa shape index (κ2) is 7.47. The molecule has 8 heteroatoms. The van der Waals surface area contributed by atoms with Gasteiger partial charge in [-0.05, 0) is 37.1 Å². The summed E-state index contributed by atoms with van der Waals surface area (Å²) in [4.78, 5) is 30.2. The van der Waals surface area contributed by atoms with Crippen LogP contribution in [-0.2, 0) is 11.2 Å². The smallest absolute Gasteiger partial charge is 0.257 e. The van der Waals surface area contributed by atoms with Gasteiger partial charge in [-0.25, -0.2) is 13.8 Å². The fraction of sp³-hybridized carbons (Fsp3) is 0.150. The monoisotopic (exact) mass is 399 g/mol. The number of fused-ring (bicyclic) bond motifs is 1. The van der Waals surface area contributed by atoms with Gasteiger partial charge in [0.25, 0.3) is 5.91 Å². The summed E-state index contributed by atoms with van der Waals surface area (Å²) >= 11 is 1.34. The zero-order valence-electron chi connectivity index (χ0n) is 14.5. The van der Waals surface area contributed by atoms with E-state index >= 15 is 0 Å². The van der Waals surface area contributed by atoms with E-state index in [4.69, 9.17) is 0 Å². The molecule has 1 aliphatic carbocycles. The van der Waals surface area contributed by atoms with Crippen LogP contribution in [0.1, 0.15) is 33.3 Å². The molecule has 3 aromatic rings. The predicted octanol–water partition coefficient (Wildman–Crippen LogP) is 4.34. The quantitative estimate of drug-likeness (QED) is 0.686. The van der Waals surface area contributed by atoms with Gasteiger partial charge in [0.05, 0.1) is 11.6 Å². The van der Waals surface area contributed by atoms with E-state index in [0.29, 0.717) is 29.2 Å². The third kappa shape index (κ3) is 3.63. The zero-order valence-corrected chi connectivity index (χ0v) is 15.4. The highest BCUT2D eigenvalue weighted by Crippen LogP contribution is 2.39. The largest absolute Gasteiger partial charge is 0.325 e. The van der Waals surface area contributed by atoms with Crippen molar-refractivity contribution in [2.75, 3.05) is 10.6 Å². The number of benzene rings is 2. The Morgan fingerprint density at radius 3 is 2.57 bits per heavy atom. The van der Waals surface area contributed by atoms with Crippen LogP contribution in [0.25, 0.3) is 0 Å². The minimum Gasteiger partial charge on any atom is -0.325 e. The highest BCUT2D eigenvalue weighted by molar-refractivity contribution is 7.16. The first-order valence-electron chi connectivity index (χ1n) is 8.63. The molecule has 0 unspecified atom stereocenters.